The molecule has 0 aromatic heterocycles. The van der Waals surface area contributed by atoms with Gasteiger partial charge in [-0.3, -0.25) is 0 Å². The summed E-state index contributed by atoms with van der Waals surface area (Å²) in [5.41, 5.74) is 0. The van der Waals surface area contributed by atoms with E-state index in [1.54, 1.807) is 0 Å². The van der Waals surface area contributed by atoms with Crippen molar-refractivity contribution in [3.05, 3.63) is 6.42 Å². The second-order valence-corrected chi connectivity index (χ2v) is 2.98. The lowest BCUT2D eigenvalue weighted by atomic mass is 9.95. The zero-order valence-electron chi connectivity index (χ0n) is 6.58. The lowest BCUT2D eigenvalue weighted by Crippen LogP contribution is -2.33. The molecule has 3 atom stereocenters. The van der Waals surface area contributed by atoms with Gasteiger partial charge in [-0.15, -0.1) is 0 Å². The van der Waals surface area contributed by atoms with E-state index in [-0.39, 0.29) is 18.8 Å². The minimum absolute atomic E-state index is 0.0474. The van der Waals surface area contributed by atoms with Gasteiger partial charge in [0.15, 0.2) is 0 Å². The number of aliphatic hydroxyl groups is 1. The van der Waals surface area contributed by atoms with E-state index >= 15 is 0 Å². The minimum atomic E-state index is 0.0474. The van der Waals surface area contributed by atoms with Gasteiger partial charge in [0.25, 0.3) is 0 Å². The van der Waals surface area contributed by atoms with E-state index in [4.69, 9.17) is 9.84 Å². The molecule has 1 saturated heterocycles. The van der Waals surface area contributed by atoms with Crippen LogP contribution in [0.15, 0.2) is 0 Å². The fourth-order valence-electron chi connectivity index (χ4n) is 1.16. The standard InChI is InChI=1S/C8H15O2/c1-6-3-4-8(5-9)10-7(6)2/h3,6-9H,4-5H2,1-2H3/t6?,7-,8?/m0/s1. The number of hydrogen-bond donors (Lipinski definition) is 1. The summed E-state index contributed by atoms with van der Waals surface area (Å²) < 4.78 is 5.47. The highest BCUT2D eigenvalue weighted by molar-refractivity contribution is 4.85. The molecule has 1 fully saturated rings. The van der Waals surface area contributed by atoms with Gasteiger partial charge in [-0.05, 0) is 25.7 Å². The van der Waals surface area contributed by atoms with Crippen molar-refractivity contribution in [2.24, 2.45) is 5.92 Å². The molecule has 0 bridgehead atoms. The lowest BCUT2D eigenvalue weighted by Gasteiger charge is -2.31. The van der Waals surface area contributed by atoms with Gasteiger partial charge in [0, 0.05) is 0 Å². The molecule has 1 aliphatic heterocycles. The maximum absolute atomic E-state index is 8.75. The van der Waals surface area contributed by atoms with Gasteiger partial charge in [0.05, 0.1) is 18.8 Å². The number of rotatable bonds is 1. The monoisotopic (exact) mass is 143 g/mol. The van der Waals surface area contributed by atoms with Gasteiger partial charge < -0.3 is 9.84 Å². The molecule has 0 aromatic rings. The molecule has 1 radical (unpaired) electrons. The molecule has 1 aliphatic rings. The van der Waals surface area contributed by atoms with E-state index in [2.05, 4.69) is 13.3 Å². The molecule has 2 nitrogen and oxygen atoms in total. The Balaban J connectivity index is 2.33. The quantitative estimate of drug-likeness (QED) is 0.593. The van der Waals surface area contributed by atoms with Crippen molar-refractivity contribution in [1.29, 1.82) is 0 Å². The minimum Gasteiger partial charge on any atom is -0.394 e. The van der Waals surface area contributed by atoms with E-state index in [9.17, 15) is 0 Å². The van der Waals surface area contributed by atoms with Crippen molar-refractivity contribution in [3.8, 4) is 0 Å². The Hall–Kier alpha value is -0.0800. The highest BCUT2D eigenvalue weighted by atomic mass is 16.5. The molecule has 0 aliphatic carbocycles. The molecule has 1 rings (SSSR count). The van der Waals surface area contributed by atoms with E-state index in [0.29, 0.717) is 5.92 Å². The van der Waals surface area contributed by atoms with Gasteiger partial charge >= 0.3 is 0 Å². The third-order valence-electron chi connectivity index (χ3n) is 2.12. The van der Waals surface area contributed by atoms with Crippen LogP contribution >= 0.6 is 0 Å². The van der Waals surface area contributed by atoms with Gasteiger partial charge in [-0.2, -0.15) is 0 Å². The summed E-state index contributed by atoms with van der Waals surface area (Å²) in [7, 11) is 0. The summed E-state index contributed by atoms with van der Waals surface area (Å²) in [5.74, 6) is 0.530. The Bertz CT molecular complexity index is 103. The summed E-state index contributed by atoms with van der Waals surface area (Å²) in [4.78, 5) is 0. The first-order valence-electron chi connectivity index (χ1n) is 3.83. The van der Waals surface area contributed by atoms with Crippen LogP contribution in [0.1, 0.15) is 20.3 Å². The van der Waals surface area contributed by atoms with Crippen molar-refractivity contribution in [2.45, 2.75) is 32.5 Å². The van der Waals surface area contributed by atoms with Gasteiger partial charge in [0.2, 0.25) is 0 Å². The molecule has 2 heteroatoms. The molecule has 0 amide bonds. The molecule has 1 N–H and O–H groups in total. The molecule has 59 valence electrons. The van der Waals surface area contributed by atoms with Crippen molar-refractivity contribution >= 4 is 0 Å². The predicted molar refractivity (Wildman–Crippen MR) is 39.5 cm³/mol. The summed E-state index contributed by atoms with van der Waals surface area (Å²) in [5, 5.41) is 8.75. The van der Waals surface area contributed by atoms with E-state index in [1.807, 2.05) is 6.92 Å². The lowest BCUT2D eigenvalue weighted by molar-refractivity contribution is -0.0695. The van der Waals surface area contributed by atoms with Gasteiger partial charge in [-0.1, -0.05) is 6.92 Å². The molecular weight excluding hydrogens is 128 g/mol. The average Bonchev–Trinajstić information content (AvgIpc) is 1.95. The third kappa shape index (κ3) is 1.70. The number of ether oxygens (including phenoxy) is 1. The Morgan fingerprint density at radius 1 is 1.60 bits per heavy atom. The summed E-state index contributed by atoms with van der Waals surface area (Å²) in [6, 6.07) is 0. The van der Waals surface area contributed by atoms with Crippen molar-refractivity contribution in [3.63, 3.8) is 0 Å². The normalized spacial score (nSPS) is 41.7. The Morgan fingerprint density at radius 2 is 2.30 bits per heavy atom. The van der Waals surface area contributed by atoms with Crippen molar-refractivity contribution < 1.29 is 9.84 Å². The number of aliphatic hydroxyl groups excluding tert-OH is 1. The Morgan fingerprint density at radius 3 is 2.80 bits per heavy atom. The second-order valence-electron chi connectivity index (χ2n) is 2.98. The highest BCUT2D eigenvalue weighted by Gasteiger charge is 2.24. The van der Waals surface area contributed by atoms with Crippen LogP contribution in [0, 0.1) is 12.3 Å². The second kappa shape index (κ2) is 3.35. The first-order chi connectivity index (χ1) is 4.74. The molecule has 10 heavy (non-hydrogen) atoms. The largest absolute Gasteiger partial charge is 0.394 e. The third-order valence-corrected chi connectivity index (χ3v) is 2.12. The first-order valence-corrected chi connectivity index (χ1v) is 3.83. The zero-order valence-corrected chi connectivity index (χ0v) is 6.58. The highest BCUT2D eigenvalue weighted by Crippen LogP contribution is 2.22. The molecule has 2 unspecified atom stereocenters. The van der Waals surface area contributed by atoms with Crippen LogP contribution in [0.25, 0.3) is 0 Å². The molecule has 1 heterocycles. The summed E-state index contributed by atoms with van der Waals surface area (Å²) >= 11 is 0. The van der Waals surface area contributed by atoms with Crippen LogP contribution in [0.2, 0.25) is 0 Å². The average molecular weight is 143 g/mol. The number of hydrogen-bond acceptors (Lipinski definition) is 2. The van der Waals surface area contributed by atoms with Crippen LogP contribution in [0.5, 0.6) is 0 Å². The first kappa shape index (κ1) is 8.02. The van der Waals surface area contributed by atoms with E-state index in [1.165, 1.54) is 0 Å². The summed E-state index contributed by atoms with van der Waals surface area (Å²) in [6.07, 6.45) is 3.42. The topological polar surface area (TPSA) is 29.5 Å². The Labute approximate surface area is 62.2 Å². The van der Waals surface area contributed by atoms with Crippen LogP contribution in [0.4, 0.5) is 0 Å². The van der Waals surface area contributed by atoms with Crippen molar-refractivity contribution in [2.75, 3.05) is 6.61 Å². The summed E-state index contributed by atoms with van der Waals surface area (Å²) in [6.45, 7) is 4.33. The predicted octanol–water partition coefficient (Wildman–Crippen LogP) is 0.996. The fraction of sp³-hybridized carbons (Fsp3) is 0.875. The Kier molecular flexibility index (Phi) is 2.69. The van der Waals surface area contributed by atoms with E-state index < -0.39 is 0 Å². The SMILES string of the molecule is CC1[CH]CC(CO)O[C@H]1C. The maximum Gasteiger partial charge on any atom is 0.0812 e. The molecule has 0 spiro atoms. The van der Waals surface area contributed by atoms with Crippen LogP contribution in [-0.4, -0.2) is 23.9 Å². The molecule has 0 aromatic carbocycles. The van der Waals surface area contributed by atoms with Crippen molar-refractivity contribution in [1.82, 2.24) is 0 Å². The van der Waals surface area contributed by atoms with Crippen LogP contribution in [-0.2, 0) is 4.74 Å². The van der Waals surface area contributed by atoms with Crippen LogP contribution < -0.4 is 0 Å². The molecular formula is C8H15O2. The fourth-order valence-corrected chi connectivity index (χ4v) is 1.16. The maximum atomic E-state index is 8.75. The van der Waals surface area contributed by atoms with Gasteiger partial charge in [-0.25, -0.2) is 0 Å². The van der Waals surface area contributed by atoms with E-state index in [0.717, 1.165) is 6.42 Å². The molecule has 0 saturated carbocycles. The smallest absolute Gasteiger partial charge is 0.0812 e. The van der Waals surface area contributed by atoms with Gasteiger partial charge in [0.1, 0.15) is 0 Å². The zero-order chi connectivity index (χ0) is 7.56. The van der Waals surface area contributed by atoms with Crippen LogP contribution in [0.3, 0.4) is 0 Å².